The number of hydrogen-bond acceptors (Lipinski definition) is 3. The quantitative estimate of drug-likeness (QED) is 0.590. The van der Waals surface area contributed by atoms with Crippen LogP contribution in [-0.2, 0) is 0 Å². The molecule has 1 aromatic carbocycles. The number of rotatable bonds is 3. The Kier molecular flexibility index (Phi) is 3.93. The zero-order valence-corrected chi connectivity index (χ0v) is 15.3. The summed E-state index contributed by atoms with van der Waals surface area (Å²) >= 11 is 0. The van der Waals surface area contributed by atoms with E-state index in [1.807, 2.05) is 53.2 Å². The molecule has 1 N–H and O–H groups in total. The molecule has 0 bridgehead atoms. The van der Waals surface area contributed by atoms with E-state index in [4.69, 9.17) is 4.98 Å². The lowest BCUT2D eigenvalue weighted by atomic mass is 9.92. The molecule has 0 spiro atoms. The van der Waals surface area contributed by atoms with Gasteiger partial charge in [0, 0.05) is 47.3 Å². The molecule has 28 heavy (non-hydrogen) atoms. The van der Waals surface area contributed by atoms with Gasteiger partial charge < -0.3 is 9.55 Å². The van der Waals surface area contributed by atoms with Crippen molar-refractivity contribution in [2.24, 2.45) is 0 Å². The largest absolute Gasteiger partial charge is 0.346 e. The van der Waals surface area contributed by atoms with Crippen LogP contribution in [-0.4, -0.2) is 14.5 Å². The average Bonchev–Trinajstić information content (AvgIpc) is 2.68. The summed E-state index contributed by atoms with van der Waals surface area (Å²) in [5.74, 6) is 0. The van der Waals surface area contributed by atoms with Gasteiger partial charge in [0.1, 0.15) is 5.65 Å². The van der Waals surface area contributed by atoms with Gasteiger partial charge in [-0.15, -0.1) is 0 Å². The molecule has 3 aromatic heterocycles. The van der Waals surface area contributed by atoms with E-state index in [1.165, 1.54) is 6.07 Å². The lowest BCUT2D eigenvalue weighted by Crippen LogP contribution is -2.27. The monoisotopic (exact) mass is 369 g/mol. The van der Waals surface area contributed by atoms with Crippen LogP contribution in [0.25, 0.3) is 33.4 Å². The molecule has 4 aromatic rings. The number of nitrogens with zero attached hydrogens (tertiary/aromatic N) is 2. The molecule has 3 heterocycles. The second-order valence-corrected chi connectivity index (χ2v) is 7.24. The molecule has 0 unspecified atom stereocenters. The fourth-order valence-electron chi connectivity index (χ4n) is 3.75. The minimum Gasteiger partial charge on any atom is -0.346 e. The highest BCUT2D eigenvalue weighted by molar-refractivity contribution is 5.89. The molecular formula is C23H19N3O2. The first-order valence-corrected chi connectivity index (χ1v) is 9.51. The number of pyridine rings is 3. The van der Waals surface area contributed by atoms with Crippen LogP contribution in [0.1, 0.15) is 25.3 Å². The molecule has 0 amide bonds. The summed E-state index contributed by atoms with van der Waals surface area (Å²) in [6.07, 6.45) is 6.75. The average molecular weight is 369 g/mol. The van der Waals surface area contributed by atoms with Crippen molar-refractivity contribution in [1.29, 1.82) is 0 Å². The maximum atomic E-state index is 12.4. The fourth-order valence-corrected chi connectivity index (χ4v) is 3.75. The van der Waals surface area contributed by atoms with Crippen molar-refractivity contribution >= 4 is 11.0 Å². The third kappa shape index (κ3) is 2.76. The summed E-state index contributed by atoms with van der Waals surface area (Å²) in [5.41, 5.74) is 3.99. The molecule has 5 rings (SSSR count). The Balaban J connectivity index is 1.79. The number of aromatic nitrogens is 3. The van der Waals surface area contributed by atoms with Gasteiger partial charge in [0.05, 0.1) is 11.1 Å². The van der Waals surface area contributed by atoms with E-state index in [-0.39, 0.29) is 17.0 Å². The third-order valence-corrected chi connectivity index (χ3v) is 5.51. The molecule has 5 nitrogen and oxygen atoms in total. The van der Waals surface area contributed by atoms with Gasteiger partial charge >= 0.3 is 0 Å². The van der Waals surface area contributed by atoms with Crippen LogP contribution in [0, 0.1) is 0 Å². The van der Waals surface area contributed by atoms with E-state index in [0.29, 0.717) is 11.0 Å². The second kappa shape index (κ2) is 6.60. The van der Waals surface area contributed by atoms with Gasteiger partial charge in [-0.3, -0.25) is 9.59 Å². The summed E-state index contributed by atoms with van der Waals surface area (Å²) in [5, 5.41) is 0.540. The first kappa shape index (κ1) is 16.7. The number of H-pyrrole nitrogens is 1. The number of benzene rings is 1. The van der Waals surface area contributed by atoms with Crippen molar-refractivity contribution in [3.8, 4) is 22.4 Å². The molecule has 138 valence electrons. The Bertz CT molecular complexity index is 1280. The summed E-state index contributed by atoms with van der Waals surface area (Å²) in [6.45, 7) is 0. The lowest BCUT2D eigenvalue weighted by molar-refractivity contribution is 0.306. The van der Waals surface area contributed by atoms with Crippen molar-refractivity contribution in [2.45, 2.75) is 25.3 Å². The Morgan fingerprint density at radius 2 is 1.79 bits per heavy atom. The molecule has 1 aliphatic rings. The molecular weight excluding hydrogens is 350 g/mol. The minimum atomic E-state index is -0.0746. The van der Waals surface area contributed by atoms with E-state index < -0.39 is 0 Å². The summed E-state index contributed by atoms with van der Waals surface area (Å²) in [4.78, 5) is 32.6. The second-order valence-electron chi connectivity index (χ2n) is 7.24. The first-order chi connectivity index (χ1) is 13.7. The maximum Gasteiger partial charge on any atom is 0.250 e. The molecule has 0 aliphatic heterocycles. The number of hydrogen-bond donors (Lipinski definition) is 1. The SMILES string of the molecule is O=c1cc[nH]c2nc(-c3ccccc3)c(-c3ccc(=O)n(C4CCC4)c3)cc12. The molecule has 1 saturated carbocycles. The highest BCUT2D eigenvalue weighted by atomic mass is 16.1. The molecule has 0 saturated heterocycles. The summed E-state index contributed by atoms with van der Waals surface area (Å²) in [6, 6.07) is 17.0. The standard InChI is InChI=1S/C23H19N3O2/c27-20-11-12-24-23-19(20)13-18(22(25-23)15-5-2-1-3-6-15)16-9-10-21(28)26(14-16)17-7-4-8-17/h1-3,5-6,9-14,17H,4,7-8H2,(H,24,25,27). The normalized spacial score (nSPS) is 14.1. The van der Waals surface area contributed by atoms with E-state index in [0.717, 1.165) is 41.6 Å². The smallest absolute Gasteiger partial charge is 0.250 e. The van der Waals surface area contributed by atoms with Crippen molar-refractivity contribution in [2.75, 3.05) is 0 Å². The van der Waals surface area contributed by atoms with Crippen LogP contribution in [0.15, 0.2) is 76.6 Å². The van der Waals surface area contributed by atoms with Crippen LogP contribution < -0.4 is 11.0 Å². The minimum absolute atomic E-state index is 0.0151. The van der Waals surface area contributed by atoms with Crippen molar-refractivity contribution in [1.82, 2.24) is 14.5 Å². The van der Waals surface area contributed by atoms with Gasteiger partial charge in [0.2, 0.25) is 0 Å². The van der Waals surface area contributed by atoms with Gasteiger partial charge in [-0.1, -0.05) is 30.3 Å². The zero-order valence-electron chi connectivity index (χ0n) is 15.3. The number of aromatic amines is 1. The van der Waals surface area contributed by atoms with Gasteiger partial charge in [-0.05, 0) is 31.4 Å². The van der Waals surface area contributed by atoms with E-state index >= 15 is 0 Å². The highest BCUT2D eigenvalue weighted by Crippen LogP contribution is 2.34. The van der Waals surface area contributed by atoms with Crippen molar-refractivity contribution < 1.29 is 0 Å². The van der Waals surface area contributed by atoms with Gasteiger partial charge in [-0.25, -0.2) is 4.98 Å². The predicted octanol–water partition coefficient (Wildman–Crippen LogP) is 4.14. The Morgan fingerprint density at radius 3 is 2.54 bits per heavy atom. The third-order valence-electron chi connectivity index (χ3n) is 5.51. The van der Waals surface area contributed by atoms with Crippen LogP contribution in [0.3, 0.4) is 0 Å². The van der Waals surface area contributed by atoms with Crippen LogP contribution in [0.4, 0.5) is 0 Å². The molecule has 1 aliphatic carbocycles. The Labute approximate surface area is 161 Å². The number of nitrogens with one attached hydrogen (secondary N) is 1. The van der Waals surface area contributed by atoms with Crippen molar-refractivity contribution in [3.63, 3.8) is 0 Å². The highest BCUT2D eigenvalue weighted by Gasteiger charge is 2.21. The lowest BCUT2D eigenvalue weighted by Gasteiger charge is -2.28. The first-order valence-electron chi connectivity index (χ1n) is 9.51. The summed E-state index contributed by atoms with van der Waals surface area (Å²) in [7, 11) is 0. The van der Waals surface area contributed by atoms with Gasteiger partial charge in [-0.2, -0.15) is 0 Å². The van der Waals surface area contributed by atoms with E-state index in [2.05, 4.69) is 4.98 Å². The van der Waals surface area contributed by atoms with E-state index in [1.54, 1.807) is 12.3 Å². The molecule has 5 heteroatoms. The van der Waals surface area contributed by atoms with Gasteiger partial charge in [0.15, 0.2) is 5.43 Å². The topological polar surface area (TPSA) is 67.8 Å². The molecule has 1 fully saturated rings. The molecule has 0 radical (unpaired) electrons. The zero-order chi connectivity index (χ0) is 19.1. The Hall–Kier alpha value is -3.47. The van der Waals surface area contributed by atoms with Crippen LogP contribution in [0.2, 0.25) is 0 Å². The van der Waals surface area contributed by atoms with Gasteiger partial charge in [0.25, 0.3) is 5.56 Å². The van der Waals surface area contributed by atoms with Crippen molar-refractivity contribution in [3.05, 3.63) is 87.6 Å². The fraction of sp³-hybridized carbons (Fsp3) is 0.174. The van der Waals surface area contributed by atoms with E-state index in [9.17, 15) is 9.59 Å². The van der Waals surface area contributed by atoms with Crippen LogP contribution >= 0.6 is 0 Å². The van der Waals surface area contributed by atoms with Crippen LogP contribution in [0.5, 0.6) is 0 Å². The summed E-state index contributed by atoms with van der Waals surface area (Å²) < 4.78 is 1.83. The Morgan fingerprint density at radius 1 is 0.964 bits per heavy atom. The number of fused-ring (bicyclic) bond motifs is 1. The maximum absolute atomic E-state index is 12.4. The molecule has 0 atom stereocenters. The predicted molar refractivity (Wildman–Crippen MR) is 110 cm³/mol.